The molecule has 0 amide bonds. The zero-order valence-corrected chi connectivity index (χ0v) is 14.7. The molecule has 2 aromatic rings. The van der Waals surface area contributed by atoms with Gasteiger partial charge in [0.15, 0.2) is 0 Å². The van der Waals surface area contributed by atoms with Crippen molar-refractivity contribution in [3.8, 4) is 0 Å². The van der Waals surface area contributed by atoms with Crippen molar-refractivity contribution in [3.05, 3.63) is 56.2 Å². The molecule has 1 atom stereocenters. The summed E-state index contributed by atoms with van der Waals surface area (Å²) in [6, 6.07) is 11.3. The first-order valence-corrected chi connectivity index (χ1v) is 8.99. The van der Waals surface area contributed by atoms with Crippen LogP contribution in [0.25, 0.3) is 0 Å². The molecule has 1 aromatic heterocycles. The van der Waals surface area contributed by atoms with Crippen molar-refractivity contribution in [2.75, 3.05) is 6.54 Å². The predicted octanol–water partition coefficient (Wildman–Crippen LogP) is 5.62. The number of rotatable bonds is 7. The van der Waals surface area contributed by atoms with Crippen LogP contribution in [0.15, 0.2) is 30.3 Å². The van der Waals surface area contributed by atoms with Crippen molar-refractivity contribution in [3.63, 3.8) is 0 Å². The fourth-order valence-electron chi connectivity index (χ4n) is 2.65. The first kappa shape index (κ1) is 16.5. The quantitative estimate of drug-likeness (QED) is 0.698. The lowest BCUT2D eigenvalue weighted by Gasteiger charge is -2.19. The van der Waals surface area contributed by atoms with Crippen molar-refractivity contribution in [2.24, 2.45) is 0 Å². The van der Waals surface area contributed by atoms with E-state index in [1.807, 2.05) is 6.07 Å². The Balaban J connectivity index is 2.36. The number of thiophene rings is 1. The molecule has 1 unspecified atom stereocenters. The van der Waals surface area contributed by atoms with Gasteiger partial charge in [0.25, 0.3) is 0 Å². The Morgan fingerprint density at radius 3 is 2.38 bits per heavy atom. The fraction of sp³-hybridized carbons (Fsp3) is 0.444. The molecule has 0 fully saturated rings. The van der Waals surface area contributed by atoms with Crippen LogP contribution in [-0.4, -0.2) is 6.54 Å². The Morgan fingerprint density at radius 2 is 1.81 bits per heavy atom. The van der Waals surface area contributed by atoms with Crippen LogP contribution >= 0.6 is 22.9 Å². The van der Waals surface area contributed by atoms with Gasteiger partial charge in [-0.1, -0.05) is 50.6 Å². The smallest absolute Gasteiger partial charge is 0.0931 e. The highest BCUT2D eigenvalue weighted by atomic mass is 35.5. The maximum atomic E-state index is 6.12. The second-order valence-corrected chi connectivity index (χ2v) is 7.01. The van der Waals surface area contributed by atoms with Gasteiger partial charge in [-0.25, -0.2) is 0 Å². The molecular weight excluding hydrogens is 298 g/mol. The molecule has 21 heavy (non-hydrogen) atoms. The lowest BCUT2D eigenvalue weighted by Crippen LogP contribution is -2.22. The Labute approximate surface area is 137 Å². The van der Waals surface area contributed by atoms with Crippen LogP contribution in [0.3, 0.4) is 0 Å². The third kappa shape index (κ3) is 4.09. The molecule has 114 valence electrons. The molecule has 0 saturated carbocycles. The minimum atomic E-state index is 0.249. The molecule has 1 heterocycles. The standard InChI is InChI=1S/C18H24ClNS/c1-4-11-20-18(16-9-10-17(19)21-16)15-8-7-13(5-2)14(6-3)12-15/h7-10,12,18,20H,4-6,11H2,1-3H3. The highest BCUT2D eigenvalue weighted by molar-refractivity contribution is 7.16. The molecule has 0 spiro atoms. The summed E-state index contributed by atoms with van der Waals surface area (Å²) in [5.41, 5.74) is 4.26. The van der Waals surface area contributed by atoms with Gasteiger partial charge in [0.05, 0.1) is 10.4 Å². The van der Waals surface area contributed by atoms with Gasteiger partial charge in [0.1, 0.15) is 0 Å². The number of nitrogens with one attached hydrogen (secondary N) is 1. The average Bonchev–Trinajstić information content (AvgIpc) is 2.93. The van der Waals surface area contributed by atoms with Gasteiger partial charge in [-0.2, -0.15) is 0 Å². The minimum absolute atomic E-state index is 0.249. The molecule has 0 aliphatic heterocycles. The Hall–Kier alpha value is -0.830. The summed E-state index contributed by atoms with van der Waals surface area (Å²) in [6.45, 7) is 7.66. The molecule has 1 N–H and O–H groups in total. The maximum Gasteiger partial charge on any atom is 0.0931 e. The minimum Gasteiger partial charge on any atom is -0.306 e. The second-order valence-electron chi connectivity index (χ2n) is 5.26. The van der Waals surface area contributed by atoms with Gasteiger partial charge in [-0.15, -0.1) is 11.3 Å². The summed E-state index contributed by atoms with van der Waals surface area (Å²) in [5, 5.41) is 3.66. The van der Waals surface area contributed by atoms with E-state index < -0.39 is 0 Å². The summed E-state index contributed by atoms with van der Waals surface area (Å²) in [4.78, 5) is 1.29. The Bertz CT molecular complexity index is 576. The highest BCUT2D eigenvalue weighted by Gasteiger charge is 2.16. The zero-order valence-electron chi connectivity index (χ0n) is 13.1. The van der Waals surface area contributed by atoms with E-state index in [1.54, 1.807) is 11.3 Å². The summed E-state index contributed by atoms with van der Waals surface area (Å²) in [6.07, 6.45) is 3.31. The van der Waals surface area contributed by atoms with Crippen LogP contribution in [0.1, 0.15) is 54.8 Å². The van der Waals surface area contributed by atoms with Crippen molar-refractivity contribution >= 4 is 22.9 Å². The topological polar surface area (TPSA) is 12.0 Å². The van der Waals surface area contributed by atoms with E-state index in [0.29, 0.717) is 0 Å². The monoisotopic (exact) mass is 321 g/mol. The third-order valence-corrected chi connectivity index (χ3v) is 5.10. The van der Waals surface area contributed by atoms with E-state index in [4.69, 9.17) is 11.6 Å². The molecule has 0 aliphatic carbocycles. The van der Waals surface area contributed by atoms with Crippen molar-refractivity contribution < 1.29 is 0 Å². The number of halogens is 1. The van der Waals surface area contributed by atoms with E-state index in [0.717, 1.165) is 30.1 Å². The fourth-order valence-corrected chi connectivity index (χ4v) is 3.82. The van der Waals surface area contributed by atoms with Crippen LogP contribution in [0.5, 0.6) is 0 Å². The van der Waals surface area contributed by atoms with Gasteiger partial charge < -0.3 is 5.32 Å². The number of benzene rings is 1. The summed E-state index contributed by atoms with van der Waals surface area (Å²) in [5.74, 6) is 0. The lowest BCUT2D eigenvalue weighted by molar-refractivity contribution is 0.605. The molecule has 0 bridgehead atoms. The Kier molecular flexibility index (Phi) is 6.28. The molecule has 3 heteroatoms. The lowest BCUT2D eigenvalue weighted by atomic mass is 9.96. The second kappa shape index (κ2) is 7.98. The third-order valence-electron chi connectivity index (χ3n) is 3.80. The highest BCUT2D eigenvalue weighted by Crippen LogP contribution is 2.32. The van der Waals surface area contributed by atoms with Crippen LogP contribution in [0.2, 0.25) is 4.34 Å². The van der Waals surface area contributed by atoms with E-state index in [2.05, 4.69) is 50.4 Å². The summed E-state index contributed by atoms with van der Waals surface area (Å²) >= 11 is 7.79. The number of hydrogen-bond acceptors (Lipinski definition) is 2. The van der Waals surface area contributed by atoms with Gasteiger partial charge in [0.2, 0.25) is 0 Å². The van der Waals surface area contributed by atoms with E-state index in [9.17, 15) is 0 Å². The number of hydrogen-bond donors (Lipinski definition) is 1. The Morgan fingerprint density at radius 1 is 1.05 bits per heavy atom. The van der Waals surface area contributed by atoms with Crippen LogP contribution < -0.4 is 5.32 Å². The average molecular weight is 322 g/mol. The van der Waals surface area contributed by atoms with Crippen molar-refractivity contribution in [1.82, 2.24) is 5.32 Å². The predicted molar refractivity (Wildman–Crippen MR) is 94.7 cm³/mol. The van der Waals surface area contributed by atoms with Crippen molar-refractivity contribution in [2.45, 2.75) is 46.1 Å². The first-order valence-electron chi connectivity index (χ1n) is 7.79. The molecule has 0 radical (unpaired) electrons. The molecule has 0 aliphatic rings. The van der Waals surface area contributed by atoms with Gasteiger partial charge in [-0.05, 0) is 54.6 Å². The molecular formula is C18H24ClNS. The van der Waals surface area contributed by atoms with Gasteiger partial charge in [-0.3, -0.25) is 0 Å². The van der Waals surface area contributed by atoms with Crippen molar-refractivity contribution in [1.29, 1.82) is 0 Å². The van der Waals surface area contributed by atoms with Crippen LogP contribution in [0, 0.1) is 0 Å². The molecule has 1 aromatic carbocycles. The molecule has 1 nitrogen and oxygen atoms in total. The van der Waals surface area contributed by atoms with Crippen LogP contribution in [-0.2, 0) is 12.8 Å². The summed E-state index contributed by atoms with van der Waals surface area (Å²) in [7, 11) is 0. The normalized spacial score (nSPS) is 12.6. The zero-order chi connectivity index (χ0) is 15.2. The van der Waals surface area contributed by atoms with E-state index in [1.165, 1.54) is 21.6 Å². The van der Waals surface area contributed by atoms with E-state index in [-0.39, 0.29) is 6.04 Å². The van der Waals surface area contributed by atoms with Crippen LogP contribution in [0.4, 0.5) is 0 Å². The molecule has 2 rings (SSSR count). The van der Waals surface area contributed by atoms with E-state index >= 15 is 0 Å². The molecule has 0 saturated heterocycles. The first-order chi connectivity index (χ1) is 10.2. The number of aryl methyl sites for hydroxylation is 2. The van der Waals surface area contributed by atoms with Gasteiger partial charge in [0, 0.05) is 4.88 Å². The van der Waals surface area contributed by atoms with Gasteiger partial charge >= 0.3 is 0 Å². The summed E-state index contributed by atoms with van der Waals surface area (Å²) < 4.78 is 0.856. The SMILES string of the molecule is CCCNC(c1ccc(CC)c(CC)c1)c1ccc(Cl)s1. The largest absolute Gasteiger partial charge is 0.306 e. The maximum absolute atomic E-state index is 6.12.